The first kappa shape index (κ1) is 19.1. The first-order valence-corrected chi connectivity index (χ1v) is 10.2. The fourth-order valence-electron chi connectivity index (χ4n) is 3.85. The SMILES string of the molecule is O=C(C1CN(c2cccc(Cl)c2)N(c2cccc(Cl)c2)C1=O)N1CCCCC1. The van der Waals surface area contributed by atoms with Gasteiger partial charge in [0.15, 0.2) is 0 Å². The first-order chi connectivity index (χ1) is 13.5. The lowest BCUT2D eigenvalue weighted by atomic mass is 10.0. The molecule has 0 aliphatic carbocycles. The van der Waals surface area contributed by atoms with Crippen LogP contribution in [0.1, 0.15) is 19.3 Å². The minimum Gasteiger partial charge on any atom is -0.342 e. The Balaban J connectivity index is 1.70. The van der Waals surface area contributed by atoms with E-state index >= 15 is 0 Å². The quantitative estimate of drug-likeness (QED) is 0.695. The van der Waals surface area contributed by atoms with Crippen molar-refractivity contribution >= 4 is 46.4 Å². The lowest BCUT2D eigenvalue weighted by Gasteiger charge is -2.29. The van der Waals surface area contributed by atoms with Crippen molar-refractivity contribution in [2.45, 2.75) is 19.3 Å². The van der Waals surface area contributed by atoms with E-state index in [0.29, 0.717) is 15.7 Å². The number of hydrogen-bond donors (Lipinski definition) is 0. The van der Waals surface area contributed by atoms with Crippen molar-refractivity contribution in [3.05, 3.63) is 58.6 Å². The van der Waals surface area contributed by atoms with Crippen LogP contribution in [-0.4, -0.2) is 36.3 Å². The zero-order chi connectivity index (χ0) is 19.7. The summed E-state index contributed by atoms with van der Waals surface area (Å²) in [4.78, 5) is 28.3. The molecule has 0 N–H and O–H groups in total. The Morgan fingerprint density at radius 1 is 0.893 bits per heavy atom. The third-order valence-corrected chi connectivity index (χ3v) is 5.70. The number of halogens is 2. The third-order valence-electron chi connectivity index (χ3n) is 5.23. The second kappa shape index (κ2) is 8.02. The lowest BCUT2D eigenvalue weighted by molar-refractivity contribution is -0.140. The summed E-state index contributed by atoms with van der Waals surface area (Å²) in [5.41, 5.74) is 1.39. The summed E-state index contributed by atoms with van der Waals surface area (Å²) in [6, 6.07) is 14.4. The molecule has 0 saturated carbocycles. The van der Waals surface area contributed by atoms with Gasteiger partial charge in [0.2, 0.25) is 5.91 Å². The molecular weight excluding hydrogens is 397 g/mol. The summed E-state index contributed by atoms with van der Waals surface area (Å²) in [5.74, 6) is -1.07. The normalized spacial score (nSPS) is 20.0. The minimum atomic E-state index is -0.740. The van der Waals surface area contributed by atoms with Gasteiger partial charge >= 0.3 is 0 Å². The molecule has 2 saturated heterocycles. The van der Waals surface area contributed by atoms with Gasteiger partial charge in [-0.3, -0.25) is 14.6 Å². The highest BCUT2D eigenvalue weighted by atomic mass is 35.5. The van der Waals surface area contributed by atoms with E-state index in [1.54, 1.807) is 35.3 Å². The molecule has 0 bridgehead atoms. The zero-order valence-corrected chi connectivity index (χ0v) is 16.9. The topological polar surface area (TPSA) is 43.9 Å². The second-order valence-corrected chi connectivity index (χ2v) is 8.00. The Bertz CT molecular complexity index is 899. The Morgan fingerprint density at radius 3 is 2.14 bits per heavy atom. The molecule has 4 rings (SSSR count). The van der Waals surface area contributed by atoms with Crippen molar-refractivity contribution in [1.29, 1.82) is 0 Å². The van der Waals surface area contributed by atoms with Crippen LogP contribution in [0.25, 0.3) is 0 Å². The monoisotopic (exact) mass is 417 g/mol. The van der Waals surface area contributed by atoms with Gasteiger partial charge in [-0.2, -0.15) is 0 Å². The van der Waals surface area contributed by atoms with Gasteiger partial charge in [0.05, 0.1) is 17.9 Å². The molecule has 7 heteroatoms. The maximum atomic E-state index is 13.3. The molecule has 146 valence electrons. The van der Waals surface area contributed by atoms with Crippen molar-refractivity contribution in [3.8, 4) is 0 Å². The number of carbonyl (C=O) groups is 2. The van der Waals surface area contributed by atoms with Crippen LogP contribution in [0.3, 0.4) is 0 Å². The van der Waals surface area contributed by atoms with Crippen LogP contribution >= 0.6 is 23.2 Å². The molecule has 28 heavy (non-hydrogen) atoms. The number of benzene rings is 2. The van der Waals surface area contributed by atoms with E-state index < -0.39 is 5.92 Å². The van der Waals surface area contributed by atoms with E-state index in [1.807, 2.05) is 28.1 Å². The van der Waals surface area contributed by atoms with E-state index in [4.69, 9.17) is 23.2 Å². The first-order valence-electron chi connectivity index (χ1n) is 9.46. The maximum absolute atomic E-state index is 13.3. The number of rotatable bonds is 3. The molecule has 2 amide bonds. The van der Waals surface area contributed by atoms with Crippen molar-refractivity contribution in [2.75, 3.05) is 29.7 Å². The molecule has 1 atom stereocenters. The number of amides is 2. The van der Waals surface area contributed by atoms with Gasteiger partial charge in [0, 0.05) is 23.1 Å². The Labute approximate surface area is 174 Å². The summed E-state index contributed by atoms with van der Waals surface area (Å²) >= 11 is 12.3. The summed E-state index contributed by atoms with van der Waals surface area (Å²) in [7, 11) is 0. The van der Waals surface area contributed by atoms with Crippen molar-refractivity contribution in [3.63, 3.8) is 0 Å². The van der Waals surface area contributed by atoms with Crippen LogP contribution in [0.2, 0.25) is 10.0 Å². The molecule has 0 spiro atoms. The molecule has 0 aromatic heterocycles. The molecule has 2 fully saturated rings. The van der Waals surface area contributed by atoms with Crippen LogP contribution in [0.15, 0.2) is 48.5 Å². The molecule has 2 aliphatic heterocycles. The van der Waals surface area contributed by atoms with Crippen LogP contribution in [0, 0.1) is 5.92 Å². The highest BCUT2D eigenvalue weighted by Crippen LogP contribution is 2.34. The van der Waals surface area contributed by atoms with Gasteiger partial charge in [0.25, 0.3) is 5.91 Å². The highest BCUT2D eigenvalue weighted by Gasteiger charge is 2.45. The molecule has 5 nitrogen and oxygen atoms in total. The second-order valence-electron chi connectivity index (χ2n) is 7.13. The van der Waals surface area contributed by atoms with Crippen molar-refractivity contribution in [1.82, 2.24) is 4.90 Å². The fourth-order valence-corrected chi connectivity index (χ4v) is 4.22. The largest absolute Gasteiger partial charge is 0.342 e. The number of hydrogen-bond acceptors (Lipinski definition) is 3. The van der Waals surface area contributed by atoms with E-state index in [9.17, 15) is 9.59 Å². The number of carbonyl (C=O) groups excluding carboxylic acids is 2. The Hall–Kier alpha value is -2.24. The Kier molecular flexibility index (Phi) is 5.47. The number of anilines is 2. The van der Waals surface area contributed by atoms with Gasteiger partial charge in [-0.25, -0.2) is 5.01 Å². The average Bonchev–Trinajstić information content (AvgIpc) is 3.05. The van der Waals surface area contributed by atoms with Gasteiger partial charge in [-0.05, 0) is 55.7 Å². The van der Waals surface area contributed by atoms with Gasteiger partial charge in [-0.15, -0.1) is 0 Å². The van der Waals surface area contributed by atoms with E-state index in [-0.39, 0.29) is 18.4 Å². The van der Waals surface area contributed by atoms with E-state index in [1.165, 1.54) is 0 Å². The summed E-state index contributed by atoms with van der Waals surface area (Å²) in [5, 5.41) is 4.46. The van der Waals surface area contributed by atoms with Crippen LogP contribution in [0.5, 0.6) is 0 Å². The van der Waals surface area contributed by atoms with E-state index in [2.05, 4.69) is 0 Å². The standard InChI is InChI=1S/C21H21Cl2N3O2/c22-15-6-4-8-17(12-15)25-14-19(20(27)24-10-2-1-3-11-24)21(28)26(25)18-9-5-7-16(23)13-18/h4-9,12-13,19H,1-3,10-11,14H2. The lowest BCUT2D eigenvalue weighted by Crippen LogP contribution is -2.43. The molecule has 1 unspecified atom stereocenters. The molecule has 2 heterocycles. The number of hydrazine groups is 1. The van der Waals surface area contributed by atoms with Gasteiger partial charge in [-0.1, -0.05) is 35.3 Å². The smallest absolute Gasteiger partial charge is 0.260 e. The molecular formula is C21H21Cl2N3O2. The summed E-state index contributed by atoms with van der Waals surface area (Å²) in [6.45, 7) is 1.72. The minimum absolute atomic E-state index is 0.0961. The van der Waals surface area contributed by atoms with Crippen LogP contribution in [0.4, 0.5) is 11.4 Å². The number of nitrogens with zero attached hydrogens (tertiary/aromatic N) is 3. The van der Waals surface area contributed by atoms with Gasteiger partial charge in [0.1, 0.15) is 5.92 Å². The molecule has 2 aliphatic rings. The summed E-state index contributed by atoms with van der Waals surface area (Å²) < 4.78 is 0. The predicted octanol–water partition coefficient (Wildman–Crippen LogP) is 4.39. The summed E-state index contributed by atoms with van der Waals surface area (Å²) in [6.07, 6.45) is 3.11. The predicted molar refractivity (Wildman–Crippen MR) is 112 cm³/mol. The van der Waals surface area contributed by atoms with Crippen molar-refractivity contribution in [2.24, 2.45) is 5.92 Å². The zero-order valence-electron chi connectivity index (χ0n) is 15.4. The molecule has 2 aromatic rings. The number of piperidine rings is 1. The average molecular weight is 418 g/mol. The van der Waals surface area contributed by atoms with E-state index in [0.717, 1.165) is 38.0 Å². The van der Waals surface area contributed by atoms with Gasteiger partial charge < -0.3 is 4.90 Å². The van der Waals surface area contributed by atoms with Crippen LogP contribution < -0.4 is 10.0 Å². The Morgan fingerprint density at radius 2 is 1.50 bits per heavy atom. The van der Waals surface area contributed by atoms with Crippen LogP contribution in [-0.2, 0) is 9.59 Å². The maximum Gasteiger partial charge on any atom is 0.260 e. The highest BCUT2D eigenvalue weighted by molar-refractivity contribution is 6.31. The fraction of sp³-hybridized carbons (Fsp3) is 0.333. The number of likely N-dealkylation sites (tertiary alicyclic amines) is 1. The molecule has 2 aromatic carbocycles. The van der Waals surface area contributed by atoms with Crippen molar-refractivity contribution < 1.29 is 9.59 Å². The third kappa shape index (κ3) is 3.69. The molecule has 0 radical (unpaired) electrons.